The third kappa shape index (κ3) is 3.71. The first kappa shape index (κ1) is 17.0. The van der Waals surface area contributed by atoms with Crippen LogP contribution in [0.1, 0.15) is 59.5 Å². The van der Waals surface area contributed by atoms with Crippen LogP contribution in [0.25, 0.3) is 0 Å². The summed E-state index contributed by atoms with van der Waals surface area (Å²) in [6.07, 6.45) is 7.10. The first-order chi connectivity index (χ1) is 12.7. The normalized spacial score (nSPS) is 17.7. The monoisotopic (exact) mass is 350 g/mol. The van der Waals surface area contributed by atoms with E-state index >= 15 is 0 Å². The van der Waals surface area contributed by atoms with Crippen molar-refractivity contribution in [3.63, 3.8) is 0 Å². The number of aromatic nitrogens is 2. The van der Waals surface area contributed by atoms with Crippen LogP contribution in [0.2, 0.25) is 0 Å². The summed E-state index contributed by atoms with van der Waals surface area (Å²) < 4.78 is 0. The fourth-order valence-electron chi connectivity index (χ4n) is 4.04. The average Bonchev–Trinajstić information content (AvgIpc) is 2.67. The molecule has 1 aliphatic carbocycles. The molecule has 1 N–H and O–H groups in total. The van der Waals surface area contributed by atoms with Crippen LogP contribution in [-0.2, 0) is 13.0 Å². The van der Waals surface area contributed by atoms with Gasteiger partial charge >= 0.3 is 0 Å². The molecule has 1 amide bonds. The van der Waals surface area contributed by atoms with Crippen molar-refractivity contribution in [2.75, 3.05) is 11.9 Å². The van der Waals surface area contributed by atoms with E-state index in [4.69, 9.17) is 0 Å². The summed E-state index contributed by atoms with van der Waals surface area (Å²) in [5.41, 5.74) is 3.07. The summed E-state index contributed by atoms with van der Waals surface area (Å²) in [6.45, 7) is 3.25. The minimum absolute atomic E-state index is 0.00306. The molecular weight excluding hydrogens is 324 g/mol. The van der Waals surface area contributed by atoms with Gasteiger partial charge in [-0.1, -0.05) is 43.5 Å². The van der Waals surface area contributed by atoms with Crippen molar-refractivity contribution in [2.45, 2.75) is 58.0 Å². The zero-order chi connectivity index (χ0) is 17.9. The van der Waals surface area contributed by atoms with Gasteiger partial charge in [-0.25, -0.2) is 9.97 Å². The number of amides is 1. The maximum Gasteiger partial charge on any atom is 0.272 e. The van der Waals surface area contributed by atoms with E-state index in [0.29, 0.717) is 24.1 Å². The Morgan fingerprint density at radius 2 is 1.88 bits per heavy atom. The topological polar surface area (TPSA) is 58.1 Å². The van der Waals surface area contributed by atoms with Crippen molar-refractivity contribution in [2.24, 2.45) is 0 Å². The van der Waals surface area contributed by atoms with Gasteiger partial charge in [0.25, 0.3) is 5.91 Å². The molecule has 136 valence electrons. The fourth-order valence-corrected chi connectivity index (χ4v) is 4.04. The maximum atomic E-state index is 13.0. The third-order valence-electron chi connectivity index (χ3n) is 5.43. The van der Waals surface area contributed by atoms with Crippen LogP contribution in [0.4, 0.5) is 5.82 Å². The minimum Gasteiger partial charge on any atom is -0.367 e. The van der Waals surface area contributed by atoms with Crippen LogP contribution in [0.15, 0.2) is 30.3 Å². The lowest BCUT2D eigenvalue weighted by atomic mass is 9.95. The Kier molecular flexibility index (Phi) is 4.87. The van der Waals surface area contributed by atoms with Crippen molar-refractivity contribution in [1.82, 2.24) is 14.9 Å². The molecule has 1 aliphatic heterocycles. The second kappa shape index (κ2) is 7.44. The predicted octanol–water partition coefficient (Wildman–Crippen LogP) is 3.73. The van der Waals surface area contributed by atoms with Gasteiger partial charge in [-0.3, -0.25) is 4.79 Å². The van der Waals surface area contributed by atoms with E-state index in [1.165, 1.54) is 43.2 Å². The molecule has 26 heavy (non-hydrogen) atoms. The molecule has 0 atom stereocenters. The highest BCUT2D eigenvalue weighted by Gasteiger charge is 2.23. The van der Waals surface area contributed by atoms with Gasteiger partial charge in [0.1, 0.15) is 17.3 Å². The van der Waals surface area contributed by atoms with Gasteiger partial charge in [0.05, 0.1) is 0 Å². The largest absolute Gasteiger partial charge is 0.367 e. The molecule has 2 aliphatic rings. The number of nitrogens with zero attached hydrogens (tertiary/aromatic N) is 3. The molecule has 2 aromatic rings. The van der Waals surface area contributed by atoms with Gasteiger partial charge in [-0.2, -0.15) is 0 Å². The molecule has 5 heteroatoms. The molecule has 0 radical (unpaired) electrons. The average molecular weight is 350 g/mol. The Balaban J connectivity index is 1.51. The van der Waals surface area contributed by atoms with E-state index in [-0.39, 0.29) is 5.91 Å². The quantitative estimate of drug-likeness (QED) is 0.916. The van der Waals surface area contributed by atoms with Crippen LogP contribution in [0.3, 0.4) is 0 Å². The summed E-state index contributed by atoms with van der Waals surface area (Å²) in [5, 5.41) is 3.51. The summed E-state index contributed by atoms with van der Waals surface area (Å²) >= 11 is 0. The smallest absolute Gasteiger partial charge is 0.272 e. The molecule has 1 saturated carbocycles. The summed E-state index contributed by atoms with van der Waals surface area (Å²) in [4.78, 5) is 23.8. The molecule has 1 aromatic heterocycles. The number of fused-ring (bicyclic) bond motifs is 1. The molecule has 1 aromatic carbocycles. The van der Waals surface area contributed by atoms with E-state index in [1.807, 2.05) is 24.0 Å². The van der Waals surface area contributed by atoms with Gasteiger partial charge in [0.2, 0.25) is 0 Å². The van der Waals surface area contributed by atoms with Crippen LogP contribution in [-0.4, -0.2) is 33.4 Å². The Bertz CT molecular complexity index is 798. The highest BCUT2D eigenvalue weighted by molar-refractivity contribution is 5.93. The van der Waals surface area contributed by atoms with Crippen molar-refractivity contribution in [3.8, 4) is 0 Å². The molecule has 0 unspecified atom stereocenters. The zero-order valence-electron chi connectivity index (χ0n) is 15.4. The SMILES string of the molecule is Cc1nc(NC2CCCCC2)cc(C(=O)N2CCc3ccccc3C2)n1. The van der Waals surface area contributed by atoms with Crippen molar-refractivity contribution < 1.29 is 4.79 Å². The van der Waals surface area contributed by atoms with Gasteiger partial charge in [0.15, 0.2) is 0 Å². The molecular formula is C21H26N4O. The van der Waals surface area contributed by atoms with Gasteiger partial charge in [-0.05, 0) is 37.3 Å². The maximum absolute atomic E-state index is 13.0. The van der Waals surface area contributed by atoms with Gasteiger partial charge in [0, 0.05) is 25.2 Å². The van der Waals surface area contributed by atoms with Crippen molar-refractivity contribution >= 4 is 11.7 Å². The van der Waals surface area contributed by atoms with Crippen LogP contribution >= 0.6 is 0 Å². The molecule has 1 fully saturated rings. The lowest BCUT2D eigenvalue weighted by molar-refractivity contribution is 0.0728. The van der Waals surface area contributed by atoms with E-state index in [1.54, 1.807) is 0 Å². The van der Waals surface area contributed by atoms with E-state index < -0.39 is 0 Å². The fraction of sp³-hybridized carbons (Fsp3) is 0.476. The van der Waals surface area contributed by atoms with Crippen LogP contribution < -0.4 is 5.32 Å². The number of hydrogen-bond acceptors (Lipinski definition) is 4. The van der Waals surface area contributed by atoms with E-state index in [0.717, 1.165) is 18.8 Å². The molecule has 0 saturated heterocycles. The number of aryl methyl sites for hydroxylation is 1. The Hall–Kier alpha value is -2.43. The number of hydrogen-bond donors (Lipinski definition) is 1. The summed E-state index contributed by atoms with van der Waals surface area (Å²) in [6, 6.07) is 10.6. The second-order valence-electron chi connectivity index (χ2n) is 7.41. The van der Waals surface area contributed by atoms with Crippen molar-refractivity contribution in [3.05, 3.63) is 53.0 Å². The number of anilines is 1. The highest BCUT2D eigenvalue weighted by atomic mass is 16.2. The molecule has 0 bridgehead atoms. The van der Waals surface area contributed by atoms with Gasteiger partial charge < -0.3 is 10.2 Å². The van der Waals surface area contributed by atoms with Crippen LogP contribution in [0, 0.1) is 6.92 Å². The lowest BCUT2D eigenvalue weighted by Gasteiger charge is -2.29. The van der Waals surface area contributed by atoms with Gasteiger partial charge in [-0.15, -0.1) is 0 Å². The number of benzene rings is 1. The number of carbonyl (C=O) groups is 1. The standard InChI is InChI=1S/C21H26N4O/c1-15-22-19(13-20(23-15)24-18-9-3-2-4-10-18)21(26)25-12-11-16-7-5-6-8-17(16)14-25/h5-8,13,18H,2-4,9-12,14H2,1H3,(H,22,23,24). The number of rotatable bonds is 3. The van der Waals surface area contributed by atoms with Crippen LogP contribution in [0.5, 0.6) is 0 Å². The van der Waals surface area contributed by atoms with Crippen molar-refractivity contribution in [1.29, 1.82) is 0 Å². The molecule has 2 heterocycles. The molecule has 0 spiro atoms. The Morgan fingerprint density at radius 3 is 2.69 bits per heavy atom. The Morgan fingerprint density at radius 1 is 1.12 bits per heavy atom. The number of nitrogens with one attached hydrogen (secondary N) is 1. The molecule has 4 rings (SSSR count). The molecule has 5 nitrogen and oxygen atoms in total. The zero-order valence-corrected chi connectivity index (χ0v) is 15.4. The van der Waals surface area contributed by atoms with E-state index in [2.05, 4.69) is 33.5 Å². The Labute approximate surface area is 154 Å². The first-order valence-electron chi connectivity index (χ1n) is 9.67. The third-order valence-corrected chi connectivity index (χ3v) is 5.43. The lowest BCUT2D eigenvalue weighted by Crippen LogP contribution is -2.36. The highest BCUT2D eigenvalue weighted by Crippen LogP contribution is 2.23. The first-order valence-corrected chi connectivity index (χ1v) is 9.67. The second-order valence-corrected chi connectivity index (χ2v) is 7.41. The summed E-state index contributed by atoms with van der Waals surface area (Å²) in [7, 11) is 0. The minimum atomic E-state index is -0.00306. The summed E-state index contributed by atoms with van der Waals surface area (Å²) in [5.74, 6) is 1.42. The predicted molar refractivity (Wildman–Crippen MR) is 102 cm³/mol. The van der Waals surface area contributed by atoms with E-state index in [9.17, 15) is 4.79 Å². The number of carbonyl (C=O) groups excluding carboxylic acids is 1.